The molecule has 1 unspecified atom stereocenters. The van der Waals surface area contributed by atoms with Gasteiger partial charge in [-0.3, -0.25) is 4.99 Å². The number of rotatable bonds is 7. The van der Waals surface area contributed by atoms with E-state index in [1.807, 2.05) is 43.3 Å². The van der Waals surface area contributed by atoms with Crippen molar-refractivity contribution < 1.29 is 9.52 Å². The van der Waals surface area contributed by atoms with Crippen LogP contribution in [0.25, 0.3) is 0 Å². The van der Waals surface area contributed by atoms with E-state index in [4.69, 9.17) is 4.42 Å². The summed E-state index contributed by atoms with van der Waals surface area (Å²) < 4.78 is 5.38. The van der Waals surface area contributed by atoms with Crippen molar-refractivity contribution in [2.24, 2.45) is 4.99 Å². The molecule has 1 aromatic carbocycles. The number of halogens is 1. The first-order chi connectivity index (χ1) is 12.7. The third-order valence-corrected chi connectivity index (χ3v) is 4.79. The molecule has 27 heavy (non-hydrogen) atoms. The molecule has 0 amide bonds. The lowest BCUT2D eigenvalue weighted by molar-refractivity contribution is 0.187. The van der Waals surface area contributed by atoms with Gasteiger partial charge in [0.2, 0.25) is 0 Å². The highest BCUT2D eigenvalue weighted by molar-refractivity contribution is 14.0. The van der Waals surface area contributed by atoms with E-state index in [1.165, 1.54) is 25.7 Å². The number of nitrogens with one attached hydrogen (secondary N) is 2. The molecule has 0 spiro atoms. The highest BCUT2D eigenvalue weighted by atomic mass is 127. The first kappa shape index (κ1) is 21.8. The van der Waals surface area contributed by atoms with Gasteiger partial charge in [-0.15, -0.1) is 24.0 Å². The summed E-state index contributed by atoms with van der Waals surface area (Å²) >= 11 is 0. The van der Waals surface area contributed by atoms with Crippen LogP contribution in [0.15, 0.2) is 52.1 Å². The van der Waals surface area contributed by atoms with E-state index >= 15 is 0 Å². The van der Waals surface area contributed by atoms with Crippen molar-refractivity contribution in [3.63, 3.8) is 0 Å². The molecule has 1 fully saturated rings. The van der Waals surface area contributed by atoms with Crippen LogP contribution in [0.3, 0.4) is 0 Å². The number of aliphatic hydroxyl groups excluding tert-OH is 1. The summed E-state index contributed by atoms with van der Waals surface area (Å²) in [5.41, 5.74) is 2.05. The molecular weight excluding hydrogens is 453 g/mol. The van der Waals surface area contributed by atoms with Crippen LogP contribution in [0.2, 0.25) is 0 Å². The second-order valence-electron chi connectivity index (χ2n) is 7.00. The van der Waals surface area contributed by atoms with Gasteiger partial charge in [-0.2, -0.15) is 0 Å². The molecule has 0 aliphatic heterocycles. The average Bonchev–Trinajstić information content (AvgIpc) is 3.33. The van der Waals surface area contributed by atoms with E-state index < -0.39 is 6.10 Å². The Morgan fingerprint density at radius 1 is 1.26 bits per heavy atom. The Hall–Kier alpha value is -1.54. The van der Waals surface area contributed by atoms with Gasteiger partial charge in [-0.1, -0.05) is 42.7 Å². The molecule has 3 rings (SSSR count). The van der Waals surface area contributed by atoms with Gasteiger partial charge in [0.05, 0.1) is 18.9 Å². The van der Waals surface area contributed by atoms with Crippen LogP contribution in [-0.2, 0) is 6.42 Å². The fraction of sp³-hybridized carbons (Fsp3) is 0.476. The molecule has 3 N–H and O–H groups in total. The van der Waals surface area contributed by atoms with Gasteiger partial charge in [-0.25, -0.2) is 0 Å². The highest BCUT2D eigenvalue weighted by Gasteiger charge is 2.16. The van der Waals surface area contributed by atoms with E-state index in [0.29, 0.717) is 12.6 Å². The van der Waals surface area contributed by atoms with E-state index in [2.05, 4.69) is 15.6 Å². The molecule has 148 valence electrons. The normalized spacial score (nSPS) is 16.0. The fourth-order valence-electron chi connectivity index (χ4n) is 3.34. The Morgan fingerprint density at radius 3 is 2.78 bits per heavy atom. The number of aliphatic hydroxyl groups is 1. The Bertz CT molecular complexity index is 697. The quantitative estimate of drug-likeness (QED) is 0.317. The number of hydrogen-bond acceptors (Lipinski definition) is 3. The first-order valence-corrected chi connectivity index (χ1v) is 9.52. The maximum absolute atomic E-state index is 10.5. The van der Waals surface area contributed by atoms with Crippen molar-refractivity contribution in [3.8, 4) is 0 Å². The van der Waals surface area contributed by atoms with Gasteiger partial charge in [0.1, 0.15) is 5.76 Å². The number of benzene rings is 1. The zero-order valence-electron chi connectivity index (χ0n) is 15.9. The van der Waals surface area contributed by atoms with Crippen LogP contribution < -0.4 is 10.6 Å². The van der Waals surface area contributed by atoms with Crippen LogP contribution in [0, 0.1) is 6.92 Å². The molecule has 1 heterocycles. The molecule has 1 atom stereocenters. The second-order valence-corrected chi connectivity index (χ2v) is 7.00. The Balaban J connectivity index is 0.00000261. The third kappa shape index (κ3) is 7.18. The van der Waals surface area contributed by atoms with E-state index in [9.17, 15) is 5.11 Å². The molecule has 5 nitrogen and oxygen atoms in total. The fourth-order valence-corrected chi connectivity index (χ4v) is 3.34. The van der Waals surface area contributed by atoms with Crippen LogP contribution in [0.4, 0.5) is 0 Å². The summed E-state index contributed by atoms with van der Waals surface area (Å²) in [6.45, 7) is 3.11. The van der Waals surface area contributed by atoms with Gasteiger partial charge < -0.3 is 20.2 Å². The van der Waals surface area contributed by atoms with E-state index in [-0.39, 0.29) is 24.0 Å². The van der Waals surface area contributed by atoms with Crippen molar-refractivity contribution in [3.05, 3.63) is 59.5 Å². The second kappa shape index (κ2) is 11.3. The Morgan fingerprint density at radius 2 is 2.07 bits per heavy atom. The zero-order valence-corrected chi connectivity index (χ0v) is 18.2. The van der Waals surface area contributed by atoms with Gasteiger partial charge in [0.15, 0.2) is 5.96 Å². The van der Waals surface area contributed by atoms with Crippen molar-refractivity contribution in [2.45, 2.75) is 51.2 Å². The summed E-state index contributed by atoms with van der Waals surface area (Å²) in [5.74, 6) is 1.73. The van der Waals surface area contributed by atoms with E-state index in [0.717, 1.165) is 35.8 Å². The molecular formula is C21H30IN3O2. The van der Waals surface area contributed by atoms with E-state index in [1.54, 1.807) is 6.26 Å². The molecule has 1 aromatic heterocycles. The third-order valence-electron chi connectivity index (χ3n) is 4.79. The van der Waals surface area contributed by atoms with Crippen molar-refractivity contribution in [2.75, 3.05) is 13.1 Å². The van der Waals surface area contributed by atoms with Crippen LogP contribution in [0.1, 0.15) is 48.7 Å². The predicted molar refractivity (Wildman–Crippen MR) is 120 cm³/mol. The number of aliphatic imine (C=N–C) groups is 1. The minimum atomic E-state index is -0.595. The summed E-state index contributed by atoms with van der Waals surface area (Å²) in [5, 5.41) is 17.3. The van der Waals surface area contributed by atoms with Gasteiger partial charge in [0.25, 0.3) is 0 Å². The maximum atomic E-state index is 10.5. The number of aryl methyl sites for hydroxylation is 1. The Kier molecular flexibility index (Phi) is 9.14. The van der Waals surface area contributed by atoms with Gasteiger partial charge in [-0.05, 0) is 37.5 Å². The molecule has 1 saturated carbocycles. The molecule has 1 aliphatic rings. The summed E-state index contributed by atoms with van der Waals surface area (Å²) in [4.78, 5) is 4.63. The number of nitrogens with zero attached hydrogens (tertiary/aromatic N) is 1. The van der Waals surface area contributed by atoms with Crippen LogP contribution >= 0.6 is 24.0 Å². The molecule has 0 bridgehead atoms. The molecule has 0 radical (unpaired) electrons. The monoisotopic (exact) mass is 483 g/mol. The highest BCUT2D eigenvalue weighted by Crippen LogP contribution is 2.18. The standard InChI is InChI=1S/C21H29N3O2.HI/c1-16-6-4-7-17(14-16)20(25)15-23-21(24-18-8-2-3-9-18)22-12-11-19-10-5-13-26-19;/h4-7,10,13-14,18,20,25H,2-3,8-9,11-12,15H2,1H3,(H2,22,23,24);1H. The smallest absolute Gasteiger partial charge is 0.191 e. The lowest BCUT2D eigenvalue weighted by atomic mass is 10.1. The summed E-state index contributed by atoms with van der Waals surface area (Å²) in [6, 6.07) is 12.3. The van der Waals surface area contributed by atoms with Crippen LogP contribution in [-0.4, -0.2) is 30.2 Å². The molecule has 6 heteroatoms. The minimum Gasteiger partial charge on any atom is -0.469 e. The topological polar surface area (TPSA) is 69.8 Å². The van der Waals surface area contributed by atoms with Crippen molar-refractivity contribution in [1.29, 1.82) is 0 Å². The minimum absolute atomic E-state index is 0. The zero-order chi connectivity index (χ0) is 18.2. The largest absolute Gasteiger partial charge is 0.469 e. The van der Waals surface area contributed by atoms with Crippen molar-refractivity contribution >= 4 is 29.9 Å². The average molecular weight is 483 g/mol. The van der Waals surface area contributed by atoms with Gasteiger partial charge >= 0.3 is 0 Å². The number of furan rings is 1. The Labute approximate surface area is 178 Å². The molecule has 2 aromatic rings. The van der Waals surface area contributed by atoms with Crippen molar-refractivity contribution in [1.82, 2.24) is 10.6 Å². The lowest BCUT2D eigenvalue weighted by Crippen LogP contribution is -2.43. The SMILES string of the molecule is Cc1cccc(C(O)CN=C(NCCc2ccco2)NC2CCCC2)c1.I. The van der Waals surface area contributed by atoms with Gasteiger partial charge in [0, 0.05) is 19.0 Å². The maximum Gasteiger partial charge on any atom is 0.191 e. The predicted octanol–water partition coefficient (Wildman–Crippen LogP) is 3.96. The lowest BCUT2D eigenvalue weighted by Gasteiger charge is -2.18. The summed E-state index contributed by atoms with van der Waals surface area (Å²) in [6.07, 6.45) is 6.80. The number of hydrogen-bond donors (Lipinski definition) is 3. The molecule has 0 saturated heterocycles. The van der Waals surface area contributed by atoms with Crippen LogP contribution in [0.5, 0.6) is 0 Å². The number of guanidine groups is 1. The molecule has 1 aliphatic carbocycles. The summed E-state index contributed by atoms with van der Waals surface area (Å²) in [7, 11) is 0. The first-order valence-electron chi connectivity index (χ1n) is 9.52.